The van der Waals surface area contributed by atoms with Crippen molar-refractivity contribution in [1.29, 1.82) is 0 Å². The number of nitrogens with zero attached hydrogens (tertiary/aromatic N) is 1. The lowest BCUT2D eigenvalue weighted by atomic mass is 9.78. The van der Waals surface area contributed by atoms with E-state index < -0.39 is 0 Å². The van der Waals surface area contributed by atoms with Crippen molar-refractivity contribution in [3.8, 4) is 0 Å². The molecule has 1 fully saturated rings. The van der Waals surface area contributed by atoms with E-state index in [1.807, 2.05) is 13.8 Å². The molecule has 0 radical (unpaired) electrons. The quantitative estimate of drug-likeness (QED) is 0.779. The molecule has 0 aliphatic heterocycles. The van der Waals surface area contributed by atoms with Gasteiger partial charge in [0.1, 0.15) is 0 Å². The largest absolute Gasteiger partial charge is 0.353 e. The molecule has 1 saturated carbocycles. The van der Waals surface area contributed by atoms with Gasteiger partial charge in [0, 0.05) is 12.1 Å². The van der Waals surface area contributed by atoms with E-state index in [0.717, 1.165) is 6.42 Å². The summed E-state index contributed by atoms with van der Waals surface area (Å²) in [5.41, 5.74) is 0. The number of carbonyl (C=O) groups excluding carboxylic acids is 2. The second-order valence-electron chi connectivity index (χ2n) is 6.84. The fraction of sp³-hybridized carbons (Fsp3) is 0.875. The Kier molecular flexibility index (Phi) is 7.15. The Balaban J connectivity index is 2.34. The summed E-state index contributed by atoms with van der Waals surface area (Å²) in [6.07, 6.45) is 3.50. The van der Waals surface area contributed by atoms with Crippen molar-refractivity contribution in [2.24, 2.45) is 11.8 Å². The molecule has 0 saturated heterocycles. The molecule has 3 atom stereocenters. The number of hydrogen-bond donors (Lipinski definition) is 2. The van der Waals surface area contributed by atoms with Crippen molar-refractivity contribution >= 4 is 11.8 Å². The van der Waals surface area contributed by atoms with Crippen LogP contribution in [0.4, 0.5) is 0 Å². The summed E-state index contributed by atoms with van der Waals surface area (Å²) >= 11 is 0. The minimum absolute atomic E-state index is 0.0146. The Morgan fingerprint density at radius 2 is 1.76 bits per heavy atom. The van der Waals surface area contributed by atoms with Gasteiger partial charge in [-0.2, -0.15) is 0 Å². The van der Waals surface area contributed by atoms with Crippen LogP contribution in [0.25, 0.3) is 0 Å². The van der Waals surface area contributed by atoms with Gasteiger partial charge in [0.2, 0.25) is 11.8 Å². The fourth-order valence-corrected chi connectivity index (χ4v) is 2.95. The molecule has 0 aromatic carbocycles. The molecule has 122 valence electrons. The van der Waals surface area contributed by atoms with Crippen LogP contribution < -0.4 is 10.6 Å². The average molecular weight is 297 g/mol. The van der Waals surface area contributed by atoms with Crippen LogP contribution in [0.2, 0.25) is 0 Å². The Hall–Kier alpha value is -1.10. The third kappa shape index (κ3) is 6.46. The molecule has 0 spiro atoms. The van der Waals surface area contributed by atoms with Crippen molar-refractivity contribution in [1.82, 2.24) is 15.5 Å². The fourth-order valence-electron chi connectivity index (χ4n) is 2.95. The predicted octanol–water partition coefficient (Wildman–Crippen LogP) is 1.38. The van der Waals surface area contributed by atoms with Gasteiger partial charge >= 0.3 is 0 Å². The highest BCUT2D eigenvalue weighted by Gasteiger charge is 2.28. The highest BCUT2D eigenvalue weighted by molar-refractivity contribution is 5.81. The molecule has 1 rings (SSSR count). The highest BCUT2D eigenvalue weighted by atomic mass is 16.2. The number of likely N-dealkylation sites (N-methyl/N-ethyl adjacent to an activating group) is 1. The van der Waals surface area contributed by atoms with E-state index in [0.29, 0.717) is 11.8 Å². The topological polar surface area (TPSA) is 61.4 Å². The second kappa shape index (κ2) is 8.37. The molecule has 0 aromatic rings. The molecular formula is C16H31N3O2. The molecule has 1 aliphatic carbocycles. The lowest BCUT2D eigenvalue weighted by Crippen LogP contribution is -2.48. The number of carbonyl (C=O) groups is 2. The van der Waals surface area contributed by atoms with E-state index in [1.54, 1.807) is 11.9 Å². The second-order valence-corrected chi connectivity index (χ2v) is 6.84. The first-order valence-electron chi connectivity index (χ1n) is 8.06. The standard InChI is InChI=1S/C16H31N3O2/c1-11(2)17-15(20)9-19(5)10-16(21)18-14-8-6-7-12(3)13(14)4/h11-14H,6-10H2,1-5H3,(H,17,20)(H,18,21)/t12-,13+,14+/m0/s1. The third-order valence-corrected chi connectivity index (χ3v) is 4.33. The number of rotatable bonds is 6. The van der Waals surface area contributed by atoms with Crippen LogP contribution in [-0.4, -0.2) is 48.9 Å². The van der Waals surface area contributed by atoms with Gasteiger partial charge in [-0.3, -0.25) is 14.5 Å². The van der Waals surface area contributed by atoms with Gasteiger partial charge in [-0.1, -0.05) is 26.7 Å². The van der Waals surface area contributed by atoms with E-state index in [4.69, 9.17) is 0 Å². The molecule has 1 aliphatic rings. The van der Waals surface area contributed by atoms with Crippen LogP contribution in [0.15, 0.2) is 0 Å². The summed E-state index contributed by atoms with van der Waals surface area (Å²) < 4.78 is 0. The number of amides is 2. The van der Waals surface area contributed by atoms with Gasteiger partial charge in [0.25, 0.3) is 0 Å². The summed E-state index contributed by atoms with van der Waals surface area (Å²) in [5, 5.41) is 5.96. The van der Waals surface area contributed by atoms with Gasteiger partial charge in [-0.25, -0.2) is 0 Å². The zero-order valence-corrected chi connectivity index (χ0v) is 14.1. The van der Waals surface area contributed by atoms with E-state index in [1.165, 1.54) is 12.8 Å². The zero-order valence-electron chi connectivity index (χ0n) is 14.1. The first-order chi connectivity index (χ1) is 9.79. The van der Waals surface area contributed by atoms with Crippen molar-refractivity contribution in [3.63, 3.8) is 0 Å². The SMILES string of the molecule is CC(C)NC(=O)CN(C)CC(=O)N[C@@H]1CCC[C@H](C)[C@H]1C. The molecule has 0 unspecified atom stereocenters. The smallest absolute Gasteiger partial charge is 0.234 e. The molecule has 5 heteroatoms. The van der Waals surface area contributed by atoms with Crippen molar-refractivity contribution in [2.45, 2.75) is 59.0 Å². The molecule has 0 heterocycles. The Bertz CT molecular complexity index is 357. The Morgan fingerprint density at radius 3 is 2.38 bits per heavy atom. The minimum Gasteiger partial charge on any atom is -0.353 e. The Labute approximate surface area is 128 Å². The number of hydrogen-bond acceptors (Lipinski definition) is 3. The van der Waals surface area contributed by atoms with Gasteiger partial charge in [0.05, 0.1) is 13.1 Å². The van der Waals surface area contributed by atoms with Crippen LogP contribution >= 0.6 is 0 Å². The van der Waals surface area contributed by atoms with Crippen LogP contribution in [-0.2, 0) is 9.59 Å². The predicted molar refractivity (Wildman–Crippen MR) is 84.9 cm³/mol. The Morgan fingerprint density at radius 1 is 1.14 bits per heavy atom. The molecular weight excluding hydrogens is 266 g/mol. The zero-order chi connectivity index (χ0) is 16.0. The van der Waals surface area contributed by atoms with Crippen LogP contribution in [0, 0.1) is 11.8 Å². The molecule has 2 N–H and O–H groups in total. The average Bonchev–Trinajstić information content (AvgIpc) is 2.33. The van der Waals surface area contributed by atoms with Gasteiger partial charge in [0.15, 0.2) is 0 Å². The van der Waals surface area contributed by atoms with Crippen molar-refractivity contribution in [2.75, 3.05) is 20.1 Å². The number of nitrogens with one attached hydrogen (secondary N) is 2. The maximum atomic E-state index is 12.1. The third-order valence-electron chi connectivity index (χ3n) is 4.33. The summed E-state index contributed by atoms with van der Waals surface area (Å²) in [6.45, 7) is 8.84. The summed E-state index contributed by atoms with van der Waals surface area (Å²) in [5.74, 6) is 1.16. The van der Waals surface area contributed by atoms with Crippen LogP contribution in [0.1, 0.15) is 47.0 Å². The van der Waals surface area contributed by atoms with Gasteiger partial charge < -0.3 is 10.6 Å². The first-order valence-corrected chi connectivity index (χ1v) is 8.06. The first kappa shape index (κ1) is 18.0. The molecule has 2 amide bonds. The van der Waals surface area contributed by atoms with Gasteiger partial charge in [-0.05, 0) is 39.2 Å². The molecule has 5 nitrogen and oxygen atoms in total. The lowest BCUT2D eigenvalue weighted by molar-refractivity contribution is -0.125. The van der Waals surface area contributed by atoms with E-state index in [-0.39, 0.29) is 37.0 Å². The monoisotopic (exact) mass is 297 g/mol. The van der Waals surface area contributed by atoms with E-state index >= 15 is 0 Å². The maximum absolute atomic E-state index is 12.1. The summed E-state index contributed by atoms with van der Waals surface area (Å²) in [6, 6.07) is 0.406. The molecule has 0 bridgehead atoms. The summed E-state index contributed by atoms with van der Waals surface area (Å²) in [4.78, 5) is 25.5. The summed E-state index contributed by atoms with van der Waals surface area (Å²) in [7, 11) is 1.80. The van der Waals surface area contributed by atoms with E-state index in [9.17, 15) is 9.59 Å². The minimum atomic E-state index is -0.0417. The van der Waals surface area contributed by atoms with Gasteiger partial charge in [-0.15, -0.1) is 0 Å². The van der Waals surface area contributed by atoms with Crippen molar-refractivity contribution in [3.05, 3.63) is 0 Å². The van der Waals surface area contributed by atoms with Crippen LogP contribution in [0.3, 0.4) is 0 Å². The normalized spacial score (nSPS) is 26.0. The van der Waals surface area contributed by atoms with E-state index in [2.05, 4.69) is 24.5 Å². The maximum Gasteiger partial charge on any atom is 0.234 e. The molecule has 21 heavy (non-hydrogen) atoms. The van der Waals surface area contributed by atoms with Crippen molar-refractivity contribution < 1.29 is 9.59 Å². The molecule has 0 aromatic heterocycles. The van der Waals surface area contributed by atoms with Crippen LogP contribution in [0.5, 0.6) is 0 Å². The lowest BCUT2D eigenvalue weighted by Gasteiger charge is -2.34. The highest BCUT2D eigenvalue weighted by Crippen LogP contribution is 2.29.